The number of rotatable bonds is 6. The van der Waals surface area contributed by atoms with Gasteiger partial charge in [0.1, 0.15) is 0 Å². The third-order valence-electron chi connectivity index (χ3n) is 4.82. The van der Waals surface area contributed by atoms with Gasteiger partial charge in [-0.15, -0.1) is 0 Å². The molecule has 1 saturated heterocycles. The van der Waals surface area contributed by atoms with Crippen LogP contribution in [0.5, 0.6) is 0 Å². The third kappa shape index (κ3) is 4.81. The summed E-state index contributed by atoms with van der Waals surface area (Å²) in [7, 11) is 0. The molecule has 1 aromatic rings. The summed E-state index contributed by atoms with van der Waals surface area (Å²) in [6, 6.07) is 10.3. The number of nitrogens with zero attached hydrogens (tertiary/aromatic N) is 2. The van der Waals surface area contributed by atoms with Gasteiger partial charge in [-0.2, -0.15) is 0 Å². The monoisotopic (exact) mass is 314 g/mol. The number of carbonyl (C=O) groups is 2. The molecule has 0 atom stereocenters. The first kappa shape index (κ1) is 16.0. The smallest absolute Gasteiger partial charge is 0.224 e. The fourth-order valence-corrected chi connectivity index (χ4v) is 3.17. The van der Waals surface area contributed by atoms with Gasteiger partial charge in [0.15, 0.2) is 0 Å². The van der Waals surface area contributed by atoms with Gasteiger partial charge in [-0.05, 0) is 37.2 Å². The summed E-state index contributed by atoms with van der Waals surface area (Å²) in [4.78, 5) is 28.4. The Balaban J connectivity index is 1.43. The van der Waals surface area contributed by atoms with E-state index in [4.69, 9.17) is 0 Å². The van der Waals surface area contributed by atoms with Crippen LogP contribution >= 0.6 is 0 Å². The van der Waals surface area contributed by atoms with Crippen LogP contribution in [-0.4, -0.2) is 47.8 Å². The predicted octanol–water partition coefficient (Wildman–Crippen LogP) is 2.48. The first-order valence-electron chi connectivity index (χ1n) is 8.82. The molecular weight excluding hydrogens is 288 g/mol. The predicted molar refractivity (Wildman–Crippen MR) is 89.9 cm³/mol. The maximum atomic E-state index is 12.4. The van der Waals surface area contributed by atoms with Gasteiger partial charge in [0.25, 0.3) is 0 Å². The minimum absolute atomic E-state index is 0.196. The Kier molecular flexibility index (Phi) is 5.31. The summed E-state index contributed by atoms with van der Waals surface area (Å²) in [5, 5.41) is 0. The minimum Gasteiger partial charge on any atom is -0.341 e. The molecular formula is C19H26N2O2. The van der Waals surface area contributed by atoms with Gasteiger partial charge in [0, 0.05) is 39.0 Å². The molecule has 0 spiro atoms. The molecule has 4 nitrogen and oxygen atoms in total. The zero-order valence-corrected chi connectivity index (χ0v) is 13.7. The summed E-state index contributed by atoms with van der Waals surface area (Å²) in [5.74, 6) is 1.13. The lowest BCUT2D eigenvalue weighted by Gasteiger charge is -2.22. The molecule has 4 heteroatoms. The molecule has 0 bridgehead atoms. The maximum absolute atomic E-state index is 12.4. The average molecular weight is 314 g/mol. The Hall–Kier alpha value is -1.84. The van der Waals surface area contributed by atoms with E-state index in [1.54, 1.807) is 0 Å². The molecule has 2 aliphatic rings. The van der Waals surface area contributed by atoms with Gasteiger partial charge in [-0.25, -0.2) is 0 Å². The van der Waals surface area contributed by atoms with E-state index in [9.17, 15) is 9.59 Å². The van der Waals surface area contributed by atoms with Crippen LogP contribution in [0.3, 0.4) is 0 Å². The summed E-state index contributed by atoms with van der Waals surface area (Å²) < 4.78 is 0. The highest BCUT2D eigenvalue weighted by Gasteiger charge is 2.29. The van der Waals surface area contributed by atoms with Crippen LogP contribution in [-0.2, 0) is 16.0 Å². The van der Waals surface area contributed by atoms with Crippen LogP contribution in [0.1, 0.15) is 37.7 Å². The number of aryl methyl sites for hydroxylation is 1. The van der Waals surface area contributed by atoms with Gasteiger partial charge in [0.05, 0.1) is 0 Å². The summed E-state index contributed by atoms with van der Waals surface area (Å²) >= 11 is 0. The highest BCUT2D eigenvalue weighted by molar-refractivity contribution is 5.80. The summed E-state index contributed by atoms with van der Waals surface area (Å²) in [6.07, 6.45) is 5.38. The second-order valence-electron chi connectivity index (χ2n) is 6.75. The second kappa shape index (κ2) is 7.62. The summed E-state index contributed by atoms with van der Waals surface area (Å²) in [6.45, 7) is 2.89. The molecule has 2 fully saturated rings. The molecule has 0 N–H and O–H groups in total. The van der Waals surface area contributed by atoms with Crippen molar-refractivity contribution >= 4 is 11.8 Å². The van der Waals surface area contributed by atoms with E-state index in [0.29, 0.717) is 38.4 Å². The fraction of sp³-hybridized carbons (Fsp3) is 0.579. The first-order valence-corrected chi connectivity index (χ1v) is 8.82. The Labute approximate surface area is 138 Å². The Bertz CT molecular complexity index is 540. The highest BCUT2D eigenvalue weighted by Crippen LogP contribution is 2.30. The van der Waals surface area contributed by atoms with Crippen molar-refractivity contribution in [3.8, 4) is 0 Å². The molecule has 2 amide bonds. The Morgan fingerprint density at radius 3 is 2.61 bits per heavy atom. The SMILES string of the molecule is O=C(CCCc1ccccc1)N1CCC(=O)N(CC2CC2)CC1. The molecule has 0 unspecified atom stereocenters. The molecule has 1 aliphatic heterocycles. The van der Waals surface area contributed by atoms with E-state index in [-0.39, 0.29) is 11.8 Å². The van der Waals surface area contributed by atoms with Crippen molar-refractivity contribution < 1.29 is 9.59 Å². The summed E-state index contributed by atoms with van der Waals surface area (Å²) in [5.41, 5.74) is 1.28. The lowest BCUT2D eigenvalue weighted by atomic mass is 10.1. The van der Waals surface area contributed by atoms with Gasteiger partial charge >= 0.3 is 0 Å². The van der Waals surface area contributed by atoms with Crippen molar-refractivity contribution in [2.24, 2.45) is 5.92 Å². The third-order valence-corrected chi connectivity index (χ3v) is 4.82. The molecule has 1 heterocycles. The van der Waals surface area contributed by atoms with E-state index in [2.05, 4.69) is 12.1 Å². The number of amides is 2. The molecule has 1 aliphatic carbocycles. The molecule has 23 heavy (non-hydrogen) atoms. The quantitative estimate of drug-likeness (QED) is 0.809. The van der Waals surface area contributed by atoms with Crippen molar-refractivity contribution in [3.63, 3.8) is 0 Å². The van der Waals surface area contributed by atoms with Crippen molar-refractivity contribution in [1.29, 1.82) is 0 Å². The lowest BCUT2D eigenvalue weighted by Crippen LogP contribution is -2.36. The van der Waals surface area contributed by atoms with Crippen molar-refractivity contribution in [3.05, 3.63) is 35.9 Å². The van der Waals surface area contributed by atoms with Crippen molar-refractivity contribution in [2.75, 3.05) is 26.2 Å². The highest BCUT2D eigenvalue weighted by atomic mass is 16.2. The van der Waals surface area contributed by atoms with Gasteiger partial charge < -0.3 is 9.80 Å². The van der Waals surface area contributed by atoms with Crippen LogP contribution in [0.25, 0.3) is 0 Å². The number of carbonyl (C=O) groups excluding carboxylic acids is 2. The molecule has 3 rings (SSSR count). The Morgan fingerprint density at radius 2 is 1.87 bits per heavy atom. The normalized spacial score (nSPS) is 18.9. The standard InChI is InChI=1S/C19H26N2O2/c22-18(8-4-7-16-5-2-1-3-6-16)20-12-11-19(23)21(14-13-20)15-17-9-10-17/h1-3,5-6,17H,4,7-15H2. The average Bonchev–Trinajstić information content (AvgIpc) is 3.39. The molecule has 1 aromatic carbocycles. The van der Waals surface area contributed by atoms with Crippen LogP contribution in [0, 0.1) is 5.92 Å². The van der Waals surface area contributed by atoms with Gasteiger partial charge in [-0.1, -0.05) is 30.3 Å². The Morgan fingerprint density at radius 1 is 1.09 bits per heavy atom. The molecule has 1 saturated carbocycles. The van der Waals surface area contributed by atoms with Crippen LogP contribution in [0.2, 0.25) is 0 Å². The molecule has 0 aromatic heterocycles. The van der Waals surface area contributed by atoms with Crippen LogP contribution in [0.4, 0.5) is 0 Å². The largest absolute Gasteiger partial charge is 0.341 e. The van der Waals surface area contributed by atoms with E-state index in [1.165, 1.54) is 18.4 Å². The lowest BCUT2D eigenvalue weighted by molar-refractivity contribution is -0.131. The molecule has 124 valence electrons. The first-order chi connectivity index (χ1) is 11.2. The van der Waals surface area contributed by atoms with E-state index >= 15 is 0 Å². The molecule has 0 radical (unpaired) electrons. The maximum Gasteiger partial charge on any atom is 0.224 e. The van der Waals surface area contributed by atoms with E-state index in [1.807, 2.05) is 28.0 Å². The van der Waals surface area contributed by atoms with E-state index < -0.39 is 0 Å². The number of hydrogen-bond donors (Lipinski definition) is 0. The topological polar surface area (TPSA) is 40.6 Å². The zero-order valence-electron chi connectivity index (χ0n) is 13.7. The second-order valence-corrected chi connectivity index (χ2v) is 6.75. The van der Waals surface area contributed by atoms with Gasteiger partial charge in [-0.3, -0.25) is 9.59 Å². The van der Waals surface area contributed by atoms with Gasteiger partial charge in [0.2, 0.25) is 11.8 Å². The van der Waals surface area contributed by atoms with Crippen LogP contribution < -0.4 is 0 Å². The number of hydrogen-bond acceptors (Lipinski definition) is 2. The van der Waals surface area contributed by atoms with Crippen molar-refractivity contribution in [1.82, 2.24) is 9.80 Å². The number of benzene rings is 1. The zero-order chi connectivity index (χ0) is 16.1. The van der Waals surface area contributed by atoms with E-state index in [0.717, 1.165) is 19.4 Å². The van der Waals surface area contributed by atoms with Crippen LogP contribution in [0.15, 0.2) is 30.3 Å². The fourth-order valence-electron chi connectivity index (χ4n) is 3.17. The minimum atomic E-state index is 0.196. The van der Waals surface area contributed by atoms with Crippen molar-refractivity contribution in [2.45, 2.75) is 38.5 Å².